The number of nitriles is 1. The van der Waals surface area contributed by atoms with Crippen LogP contribution in [0.1, 0.15) is 21.7 Å². The van der Waals surface area contributed by atoms with E-state index in [-0.39, 0.29) is 5.91 Å². The maximum absolute atomic E-state index is 13.2. The Balaban J connectivity index is 1.20. The first-order valence-electron chi connectivity index (χ1n) is 11.4. The van der Waals surface area contributed by atoms with Crippen molar-refractivity contribution in [3.63, 3.8) is 0 Å². The fraction of sp³-hybridized carbons (Fsp3) is 0.107. The molecular formula is C28H20N6O. The number of carbonyl (C=O) groups excluding carboxylic acids is 1. The number of pyridine rings is 1. The van der Waals surface area contributed by atoms with Crippen LogP contribution in [0.25, 0.3) is 33.5 Å². The number of nitrogens with zero attached hydrogens (tertiary/aromatic N) is 6. The summed E-state index contributed by atoms with van der Waals surface area (Å²) >= 11 is 0. The molecule has 3 heterocycles. The molecule has 0 unspecified atom stereocenters. The highest BCUT2D eigenvalue weighted by atomic mass is 16.2. The Kier molecular flexibility index (Phi) is 5.04. The summed E-state index contributed by atoms with van der Waals surface area (Å²) < 4.78 is 2.05. The highest BCUT2D eigenvalue weighted by Gasteiger charge is 2.26. The molecule has 0 saturated carbocycles. The minimum absolute atomic E-state index is 0.0315. The molecule has 1 aliphatic heterocycles. The number of carbonyl (C=O) groups is 1. The third kappa shape index (κ3) is 3.81. The first-order chi connectivity index (χ1) is 17.2. The van der Waals surface area contributed by atoms with E-state index in [0.29, 0.717) is 30.8 Å². The van der Waals surface area contributed by atoms with E-state index in [4.69, 9.17) is 10.2 Å². The molecule has 3 aromatic carbocycles. The van der Waals surface area contributed by atoms with Crippen molar-refractivity contribution in [1.29, 1.82) is 5.26 Å². The summed E-state index contributed by atoms with van der Waals surface area (Å²) in [5.74, 6) is 1.45. The maximum Gasteiger partial charge on any atom is 0.254 e. The average molecular weight is 457 g/mol. The van der Waals surface area contributed by atoms with Crippen molar-refractivity contribution < 1.29 is 4.79 Å². The Hall–Kier alpha value is -4.83. The molecule has 0 N–H and O–H groups in total. The second-order valence-electron chi connectivity index (χ2n) is 8.47. The Morgan fingerprint density at radius 2 is 1.57 bits per heavy atom. The van der Waals surface area contributed by atoms with Gasteiger partial charge in [0.05, 0.1) is 23.7 Å². The molecule has 6 rings (SSSR count). The van der Waals surface area contributed by atoms with Crippen LogP contribution >= 0.6 is 0 Å². The van der Waals surface area contributed by atoms with Gasteiger partial charge >= 0.3 is 0 Å². The van der Waals surface area contributed by atoms with Crippen molar-refractivity contribution >= 4 is 16.8 Å². The van der Waals surface area contributed by atoms with Gasteiger partial charge in [-0.2, -0.15) is 5.26 Å². The largest absolute Gasteiger partial charge is 0.329 e. The maximum atomic E-state index is 13.2. The van der Waals surface area contributed by atoms with Crippen LogP contribution in [0, 0.1) is 11.3 Å². The van der Waals surface area contributed by atoms with E-state index in [9.17, 15) is 4.79 Å². The van der Waals surface area contributed by atoms with E-state index in [1.54, 1.807) is 17.0 Å². The highest BCUT2D eigenvalue weighted by Crippen LogP contribution is 2.25. The van der Waals surface area contributed by atoms with E-state index < -0.39 is 0 Å². The van der Waals surface area contributed by atoms with Crippen molar-refractivity contribution in [3.05, 3.63) is 102 Å². The predicted octanol–water partition coefficient (Wildman–Crippen LogP) is 4.69. The third-order valence-corrected chi connectivity index (χ3v) is 6.35. The van der Waals surface area contributed by atoms with Crippen molar-refractivity contribution in [3.8, 4) is 28.7 Å². The number of para-hydroxylation sites is 1. The van der Waals surface area contributed by atoms with Crippen LogP contribution < -0.4 is 0 Å². The molecule has 1 amide bonds. The Labute approximate surface area is 201 Å². The lowest BCUT2D eigenvalue weighted by molar-refractivity contribution is 0.0708. The van der Waals surface area contributed by atoms with Crippen molar-refractivity contribution in [2.24, 2.45) is 0 Å². The fourth-order valence-corrected chi connectivity index (χ4v) is 4.44. The topological polar surface area (TPSA) is 87.7 Å². The number of hydrogen-bond donors (Lipinski definition) is 0. The lowest BCUT2D eigenvalue weighted by Gasteiger charge is -2.28. The Morgan fingerprint density at radius 1 is 0.829 bits per heavy atom. The van der Waals surface area contributed by atoms with Gasteiger partial charge in [0.1, 0.15) is 5.69 Å². The zero-order chi connectivity index (χ0) is 23.8. The minimum atomic E-state index is -0.0315. The Morgan fingerprint density at radius 3 is 2.34 bits per heavy atom. The SMILES string of the molecule is N#Cc1ccc(-c2ccc(C(=O)N3CCn4c(nnc4-c4ccc5ccccc5n4)C3)cc2)cc1. The fourth-order valence-electron chi connectivity index (χ4n) is 4.44. The molecule has 0 saturated heterocycles. The minimum Gasteiger partial charge on any atom is -0.329 e. The molecule has 5 aromatic rings. The normalized spacial score (nSPS) is 12.8. The number of hydrogen-bond acceptors (Lipinski definition) is 5. The van der Waals surface area contributed by atoms with Gasteiger partial charge in [-0.05, 0) is 47.5 Å². The van der Waals surface area contributed by atoms with Crippen LogP contribution in [0.2, 0.25) is 0 Å². The number of fused-ring (bicyclic) bond motifs is 2. The van der Waals surface area contributed by atoms with Gasteiger partial charge in [0.2, 0.25) is 0 Å². The smallest absolute Gasteiger partial charge is 0.254 e. The molecule has 168 valence electrons. The van der Waals surface area contributed by atoms with Gasteiger partial charge < -0.3 is 9.47 Å². The zero-order valence-corrected chi connectivity index (χ0v) is 18.8. The third-order valence-electron chi connectivity index (χ3n) is 6.35. The van der Waals surface area contributed by atoms with E-state index in [1.807, 2.05) is 72.8 Å². The summed E-state index contributed by atoms with van der Waals surface area (Å²) in [6, 6.07) is 29.1. The number of benzene rings is 3. The molecule has 2 aromatic heterocycles. The average Bonchev–Trinajstić information content (AvgIpc) is 3.36. The van der Waals surface area contributed by atoms with Gasteiger partial charge in [0, 0.05) is 24.0 Å². The first kappa shape index (κ1) is 20.8. The van der Waals surface area contributed by atoms with E-state index in [1.165, 1.54) is 0 Å². The molecule has 0 fully saturated rings. The van der Waals surface area contributed by atoms with Crippen LogP contribution in [0.5, 0.6) is 0 Å². The lowest BCUT2D eigenvalue weighted by Crippen LogP contribution is -2.38. The van der Waals surface area contributed by atoms with Gasteiger partial charge in [-0.3, -0.25) is 4.79 Å². The molecule has 0 atom stereocenters. The van der Waals surface area contributed by atoms with Crippen molar-refractivity contribution in [2.45, 2.75) is 13.1 Å². The van der Waals surface area contributed by atoms with Crippen LogP contribution in [-0.2, 0) is 13.1 Å². The molecule has 7 heteroatoms. The summed E-state index contributed by atoms with van der Waals surface area (Å²) in [5, 5.41) is 18.8. The summed E-state index contributed by atoms with van der Waals surface area (Å²) in [6.07, 6.45) is 0. The standard InChI is InChI=1S/C28H20N6O/c29-17-19-5-7-20(8-6-19)21-9-11-23(12-10-21)28(35)33-15-16-34-26(18-33)31-32-27(34)25-14-13-22-3-1-2-4-24(22)30-25/h1-14H,15-16,18H2. The molecule has 7 nitrogen and oxygen atoms in total. The molecule has 1 aliphatic rings. The number of aromatic nitrogens is 4. The Bertz CT molecular complexity index is 1600. The van der Waals surface area contributed by atoms with Gasteiger partial charge in [0.15, 0.2) is 11.6 Å². The molecule has 0 radical (unpaired) electrons. The lowest BCUT2D eigenvalue weighted by atomic mass is 10.0. The van der Waals surface area contributed by atoms with E-state index in [2.05, 4.69) is 20.8 Å². The van der Waals surface area contributed by atoms with E-state index >= 15 is 0 Å². The second kappa shape index (κ2) is 8.50. The van der Waals surface area contributed by atoms with Crippen molar-refractivity contribution in [1.82, 2.24) is 24.6 Å². The van der Waals surface area contributed by atoms with Crippen LogP contribution in [-0.4, -0.2) is 37.1 Å². The van der Waals surface area contributed by atoms with Gasteiger partial charge in [-0.25, -0.2) is 4.98 Å². The van der Waals surface area contributed by atoms with Crippen LogP contribution in [0.4, 0.5) is 0 Å². The van der Waals surface area contributed by atoms with Crippen LogP contribution in [0.3, 0.4) is 0 Å². The van der Waals surface area contributed by atoms with Crippen LogP contribution in [0.15, 0.2) is 84.9 Å². The number of amides is 1. The van der Waals surface area contributed by atoms with Gasteiger partial charge in [-0.15, -0.1) is 10.2 Å². The molecule has 0 bridgehead atoms. The molecule has 0 aliphatic carbocycles. The van der Waals surface area contributed by atoms with Gasteiger partial charge in [0.25, 0.3) is 5.91 Å². The molecule has 0 spiro atoms. The molecular weight excluding hydrogens is 436 g/mol. The first-order valence-corrected chi connectivity index (χ1v) is 11.4. The molecule has 35 heavy (non-hydrogen) atoms. The van der Waals surface area contributed by atoms with E-state index in [0.717, 1.165) is 39.4 Å². The number of rotatable bonds is 3. The summed E-state index contributed by atoms with van der Waals surface area (Å²) in [5.41, 5.74) is 4.95. The van der Waals surface area contributed by atoms with Gasteiger partial charge in [-0.1, -0.05) is 48.5 Å². The quantitative estimate of drug-likeness (QED) is 0.393. The monoisotopic (exact) mass is 456 g/mol. The summed E-state index contributed by atoms with van der Waals surface area (Å²) in [6.45, 7) is 1.58. The second-order valence-corrected chi connectivity index (χ2v) is 8.47. The summed E-state index contributed by atoms with van der Waals surface area (Å²) in [7, 11) is 0. The zero-order valence-electron chi connectivity index (χ0n) is 18.8. The summed E-state index contributed by atoms with van der Waals surface area (Å²) in [4.78, 5) is 19.7. The predicted molar refractivity (Wildman–Crippen MR) is 132 cm³/mol. The highest BCUT2D eigenvalue weighted by molar-refractivity contribution is 5.94. The van der Waals surface area contributed by atoms with Crippen molar-refractivity contribution in [2.75, 3.05) is 6.54 Å².